The van der Waals surface area contributed by atoms with Crippen molar-refractivity contribution in [2.24, 2.45) is 4.99 Å². The van der Waals surface area contributed by atoms with Gasteiger partial charge in [-0.05, 0) is 38.7 Å². The number of thiazole rings is 1. The number of ether oxygens (including phenoxy) is 1. The molecule has 0 saturated carbocycles. The monoisotopic (exact) mass is 620 g/mol. The van der Waals surface area contributed by atoms with Gasteiger partial charge in [-0.15, -0.1) is 23.1 Å². The number of nitrogens with one attached hydrogen (secondary N) is 1. The number of thioether (sulfide) groups is 2. The van der Waals surface area contributed by atoms with Gasteiger partial charge < -0.3 is 15.0 Å². The molecule has 1 aromatic heterocycles. The maximum atomic E-state index is 13.6. The van der Waals surface area contributed by atoms with Gasteiger partial charge in [0, 0.05) is 29.9 Å². The second kappa shape index (κ2) is 15.3. The third kappa shape index (κ3) is 8.90. The first-order chi connectivity index (χ1) is 19.8. The smallest absolute Gasteiger partial charge is 0.329 e. The maximum Gasteiger partial charge on any atom is 0.329 e. The number of rotatable bonds is 10. The standard InChI is InChI=1S/C29H40N4O5S3/c1-3-4-5-6-7-13-25(35)39-15-9-8-11-20-16-23(34)30-17-24-31-21(18-40-24)26-32-29(2,19-41-26)28(37)33-14-10-12-22(33)27(36)38-20/h8,11,18,20,22H,3-7,9-10,12-17,19H2,1-2H3,(H,30,34)/b11-8+/t20-,22+,29+/m1/s1. The SMILES string of the molecule is CCCCCCCC(=O)SCC/C=C/[C@@H]1CC(=O)NCc2nc(cs2)C2=N[C@@](C)(CS2)C(=O)N2CCC[C@H]2C(=O)O1. The highest BCUT2D eigenvalue weighted by molar-refractivity contribution is 8.14. The maximum absolute atomic E-state index is 13.6. The van der Waals surface area contributed by atoms with E-state index in [0.29, 0.717) is 54.5 Å². The average molecular weight is 621 g/mol. The third-order valence-electron chi connectivity index (χ3n) is 7.33. The topological polar surface area (TPSA) is 118 Å². The number of unbranched alkanes of at least 4 members (excludes halogenated alkanes) is 4. The van der Waals surface area contributed by atoms with Crippen LogP contribution in [0.2, 0.25) is 0 Å². The van der Waals surface area contributed by atoms with Crippen molar-refractivity contribution in [1.29, 1.82) is 0 Å². The van der Waals surface area contributed by atoms with Crippen molar-refractivity contribution in [1.82, 2.24) is 15.2 Å². The van der Waals surface area contributed by atoms with Crippen molar-refractivity contribution >= 4 is 62.8 Å². The Labute approximate surface area is 254 Å². The molecule has 1 saturated heterocycles. The van der Waals surface area contributed by atoms with Gasteiger partial charge in [0.15, 0.2) is 5.12 Å². The Morgan fingerprint density at radius 1 is 1.27 bits per heavy atom. The molecule has 3 atom stereocenters. The van der Waals surface area contributed by atoms with Crippen LogP contribution in [0.4, 0.5) is 0 Å². The Balaban J connectivity index is 1.40. The lowest BCUT2D eigenvalue weighted by molar-refractivity contribution is -0.157. The molecule has 3 aliphatic rings. The van der Waals surface area contributed by atoms with E-state index < -0.39 is 23.7 Å². The first-order valence-corrected chi connectivity index (χ1v) is 17.4. The summed E-state index contributed by atoms with van der Waals surface area (Å²) in [6, 6.07) is -0.702. The van der Waals surface area contributed by atoms with Crippen LogP contribution < -0.4 is 5.32 Å². The Hall–Kier alpha value is -2.18. The highest BCUT2D eigenvalue weighted by atomic mass is 32.2. The fourth-order valence-corrected chi connectivity index (χ4v) is 7.72. The van der Waals surface area contributed by atoms with Crippen molar-refractivity contribution in [2.75, 3.05) is 18.1 Å². The number of allylic oxidation sites excluding steroid dienone is 1. The summed E-state index contributed by atoms with van der Waals surface area (Å²) in [5.41, 5.74) is -0.263. The molecular weight excluding hydrogens is 581 g/mol. The number of hydrogen-bond donors (Lipinski definition) is 1. The Morgan fingerprint density at radius 2 is 2.10 bits per heavy atom. The van der Waals surface area contributed by atoms with Crippen molar-refractivity contribution in [3.8, 4) is 0 Å². The van der Waals surface area contributed by atoms with Crippen molar-refractivity contribution in [3.05, 3.63) is 28.2 Å². The van der Waals surface area contributed by atoms with E-state index in [1.807, 2.05) is 18.4 Å². The molecule has 9 nitrogen and oxygen atoms in total. The lowest BCUT2D eigenvalue weighted by atomic mass is 10.0. The molecule has 0 spiro atoms. The third-order valence-corrected chi connectivity index (χ3v) is 10.4. The van der Waals surface area contributed by atoms with Crippen molar-refractivity contribution in [3.63, 3.8) is 0 Å². The van der Waals surface area contributed by atoms with Crippen molar-refractivity contribution < 1.29 is 23.9 Å². The number of cyclic esters (lactones) is 1. The number of hydrogen-bond acceptors (Lipinski definition) is 10. The summed E-state index contributed by atoms with van der Waals surface area (Å²) in [6.07, 6.45) is 10.8. The van der Waals surface area contributed by atoms with Crippen LogP contribution in [-0.4, -0.2) is 73.6 Å². The summed E-state index contributed by atoms with van der Waals surface area (Å²) in [7, 11) is 0. The van der Waals surface area contributed by atoms with E-state index in [-0.39, 0.29) is 29.9 Å². The quantitative estimate of drug-likeness (QED) is 0.223. The number of aliphatic imine (C=N–C) groups is 1. The molecule has 4 heterocycles. The highest BCUT2D eigenvalue weighted by Gasteiger charge is 2.46. The molecule has 4 rings (SSSR count). The number of amides is 2. The van der Waals surface area contributed by atoms with Crippen LogP contribution in [0.15, 0.2) is 22.5 Å². The zero-order valence-electron chi connectivity index (χ0n) is 23.9. The zero-order chi connectivity index (χ0) is 29.2. The molecular formula is C29H40N4O5S3. The highest BCUT2D eigenvalue weighted by Crippen LogP contribution is 2.35. The van der Waals surface area contributed by atoms with Crippen LogP contribution in [0, 0.1) is 0 Å². The first-order valence-electron chi connectivity index (χ1n) is 14.6. The second-order valence-electron chi connectivity index (χ2n) is 10.8. The van der Waals surface area contributed by atoms with Gasteiger partial charge in [0.2, 0.25) is 5.91 Å². The molecule has 0 aromatic carbocycles. The molecule has 1 aromatic rings. The molecule has 0 radical (unpaired) electrons. The first kappa shape index (κ1) is 31.7. The molecule has 12 heteroatoms. The van der Waals surface area contributed by atoms with Crippen LogP contribution in [0.25, 0.3) is 0 Å². The van der Waals surface area contributed by atoms with Crippen LogP contribution in [0.5, 0.6) is 0 Å². The average Bonchev–Trinajstić information content (AvgIpc) is 3.71. The zero-order valence-corrected chi connectivity index (χ0v) is 26.3. The van der Waals surface area contributed by atoms with Gasteiger partial charge in [-0.3, -0.25) is 19.4 Å². The lowest BCUT2D eigenvalue weighted by Crippen LogP contribution is -2.51. The minimum atomic E-state index is -0.970. The van der Waals surface area contributed by atoms with Crippen LogP contribution in [-0.2, 0) is 30.5 Å². The fraction of sp³-hybridized carbons (Fsp3) is 0.655. The van der Waals surface area contributed by atoms with E-state index in [4.69, 9.17) is 9.73 Å². The summed E-state index contributed by atoms with van der Waals surface area (Å²) in [5.74, 6) is 0.169. The molecule has 2 amide bonds. The summed E-state index contributed by atoms with van der Waals surface area (Å²) >= 11 is 4.24. The van der Waals surface area contributed by atoms with Gasteiger partial charge in [0.05, 0.1) is 13.0 Å². The van der Waals surface area contributed by atoms with E-state index in [1.165, 1.54) is 54.1 Å². The molecule has 224 valence electrons. The molecule has 0 unspecified atom stereocenters. The van der Waals surface area contributed by atoms with Crippen molar-refractivity contribution in [2.45, 2.75) is 102 Å². The minimum Gasteiger partial charge on any atom is -0.456 e. The molecule has 0 aliphatic carbocycles. The molecule has 1 fully saturated rings. The number of nitrogens with zero attached hydrogens (tertiary/aromatic N) is 3. The predicted molar refractivity (Wildman–Crippen MR) is 165 cm³/mol. The second-order valence-corrected chi connectivity index (χ2v) is 13.9. The van der Waals surface area contributed by atoms with Gasteiger partial charge in [-0.1, -0.05) is 50.4 Å². The summed E-state index contributed by atoms with van der Waals surface area (Å²) in [5, 5.41) is 6.42. The number of aromatic nitrogens is 1. The number of esters is 1. The lowest BCUT2D eigenvalue weighted by Gasteiger charge is -2.30. The Kier molecular flexibility index (Phi) is 11.9. The van der Waals surface area contributed by atoms with Crippen LogP contribution in [0.3, 0.4) is 0 Å². The van der Waals surface area contributed by atoms with Crippen LogP contribution >= 0.6 is 34.9 Å². The Bertz CT molecular complexity index is 1170. The van der Waals surface area contributed by atoms with E-state index in [1.54, 1.807) is 11.0 Å². The van der Waals surface area contributed by atoms with E-state index in [0.717, 1.165) is 17.8 Å². The normalized spacial score (nSPS) is 25.3. The fourth-order valence-electron chi connectivity index (χ4n) is 5.03. The Morgan fingerprint density at radius 3 is 2.93 bits per heavy atom. The van der Waals surface area contributed by atoms with Gasteiger partial charge >= 0.3 is 5.97 Å². The minimum absolute atomic E-state index is 0.0365. The molecule has 3 aliphatic heterocycles. The summed E-state index contributed by atoms with van der Waals surface area (Å²) in [6.45, 7) is 4.71. The van der Waals surface area contributed by atoms with Gasteiger partial charge in [0.25, 0.3) is 5.91 Å². The van der Waals surface area contributed by atoms with E-state index in [9.17, 15) is 19.2 Å². The number of carbonyl (C=O) groups excluding carboxylic acids is 4. The van der Waals surface area contributed by atoms with E-state index >= 15 is 0 Å². The number of carbonyl (C=O) groups is 4. The molecule has 1 N–H and O–H groups in total. The van der Waals surface area contributed by atoms with Gasteiger partial charge in [-0.25, -0.2) is 9.78 Å². The summed E-state index contributed by atoms with van der Waals surface area (Å²) in [4.78, 5) is 62.9. The predicted octanol–water partition coefficient (Wildman–Crippen LogP) is 4.88. The molecule has 41 heavy (non-hydrogen) atoms. The van der Waals surface area contributed by atoms with Crippen LogP contribution in [0.1, 0.15) is 88.8 Å². The summed E-state index contributed by atoms with van der Waals surface area (Å²) < 4.78 is 5.83. The number of fused-ring (bicyclic) bond motifs is 5. The van der Waals surface area contributed by atoms with Gasteiger partial charge in [0.1, 0.15) is 33.4 Å². The van der Waals surface area contributed by atoms with E-state index in [2.05, 4.69) is 17.2 Å². The largest absolute Gasteiger partial charge is 0.456 e. The molecule has 4 bridgehead atoms. The van der Waals surface area contributed by atoms with Gasteiger partial charge in [-0.2, -0.15) is 0 Å².